The molecule has 3 heteroatoms. The molecule has 1 aromatic heterocycles. The van der Waals surface area contributed by atoms with Gasteiger partial charge in [-0.1, -0.05) is 13.8 Å². The quantitative estimate of drug-likeness (QED) is 0.765. The van der Waals surface area contributed by atoms with Crippen LogP contribution in [0.2, 0.25) is 0 Å². The first-order chi connectivity index (χ1) is 7.50. The monoisotopic (exact) mass is 217 g/mol. The molecule has 3 nitrogen and oxygen atoms in total. The summed E-state index contributed by atoms with van der Waals surface area (Å²) in [5, 5.41) is 9.32. The van der Waals surface area contributed by atoms with Crippen LogP contribution in [0, 0.1) is 22.2 Å². The van der Waals surface area contributed by atoms with E-state index in [-0.39, 0.29) is 11.2 Å². The Hall–Kier alpha value is -1.56. The highest BCUT2D eigenvalue weighted by molar-refractivity contribution is 5.94. The van der Waals surface area contributed by atoms with Crippen LogP contribution in [0.5, 0.6) is 0 Å². The topological polar surface area (TPSA) is 54.0 Å². The molecule has 2 rings (SSSR count). The van der Waals surface area contributed by atoms with Gasteiger partial charge in [0, 0.05) is 11.8 Å². The largest absolute Gasteiger partial charge is 0.472 e. The summed E-state index contributed by atoms with van der Waals surface area (Å²) < 4.78 is 4.98. The van der Waals surface area contributed by atoms with Crippen molar-refractivity contribution in [2.75, 3.05) is 0 Å². The summed E-state index contributed by atoms with van der Waals surface area (Å²) in [5.74, 6) is 0.0729. The van der Waals surface area contributed by atoms with Crippen molar-refractivity contribution < 1.29 is 9.21 Å². The van der Waals surface area contributed by atoms with Gasteiger partial charge in [-0.3, -0.25) is 4.79 Å². The third-order valence-electron chi connectivity index (χ3n) is 3.53. The van der Waals surface area contributed by atoms with Crippen molar-refractivity contribution in [2.45, 2.75) is 33.1 Å². The molecule has 0 amide bonds. The number of ketones is 1. The van der Waals surface area contributed by atoms with Crippen molar-refractivity contribution in [2.24, 2.45) is 10.8 Å². The van der Waals surface area contributed by atoms with E-state index in [1.54, 1.807) is 12.5 Å². The third-order valence-corrected chi connectivity index (χ3v) is 3.53. The number of hydrogen-bond acceptors (Lipinski definition) is 3. The van der Waals surface area contributed by atoms with Crippen LogP contribution in [0.1, 0.15) is 32.3 Å². The number of nitriles is 1. The number of carbonyl (C=O) groups is 1. The number of nitrogens with zero attached hydrogens (tertiary/aromatic N) is 1. The Morgan fingerprint density at radius 1 is 1.50 bits per heavy atom. The average molecular weight is 217 g/mol. The molecule has 0 spiro atoms. The molecular formula is C13H15NO2. The van der Waals surface area contributed by atoms with E-state index in [1.165, 1.54) is 0 Å². The van der Waals surface area contributed by atoms with Gasteiger partial charge in [-0.15, -0.1) is 0 Å². The second-order valence-corrected chi connectivity index (χ2v) is 5.22. The molecule has 1 fully saturated rings. The zero-order valence-electron chi connectivity index (χ0n) is 9.62. The van der Waals surface area contributed by atoms with Gasteiger partial charge in [0.15, 0.2) is 5.78 Å². The average Bonchev–Trinajstić information content (AvgIpc) is 2.82. The summed E-state index contributed by atoms with van der Waals surface area (Å²) in [5.41, 5.74) is -0.278. The van der Waals surface area contributed by atoms with Gasteiger partial charge in [-0.2, -0.15) is 5.26 Å². The van der Waals surface area contributed by atoms with Crippen LogP contribution in [0.4, 0.5) is 0 Å². The van der Waals surface area contributed by atoms with E-state index < -0.39 is 5.41 Å². The smallest absolute Gasteiger partial charge is 0.158 e. The van der Waals surface area contributed by atoms with Crippen molar-refractivity contribution in [1.82, 2.24) is 0 Å². The number of Topliss-reactive ketones (excluding diaryl/α,β-unsaturated/α-hetero) is 1. The molecule has 0 aromatic carbocycles. The van der Waals surface area contributed by atoms with Gasteiger partial charge >= 0.3 is 0 Å². The van der Waals surface area contributed by atoms with E-state index >= 15 is 0 Å². The van der Waals surface area contributed by atoms with E-state index in [0.29, 0.717) is 12.8 Å². The molecule has 1 aliphatic rings. The van der Waals surface area contributed by atoms with Crippen LogP contribution < -0.4 is 0 Å². The lowest BCUT2D eigenvalue weighted by atomic mass is 9.77. The first kappa shape index (κ1) is 10.9. The fourth-order valence-electron chi connectivity index (χ4n) is 2.46. The fraction of sp³-hybridized carbons (Fsp3) is 0.538. The SMILES string of the molecule is CC1(C)CCC(C#N)(Cc2ccoc2)C1=O. The molecule has 1 atom stereocenters. The Balaban J connectivity index is 2.29. The van der Waals surface area contributed by atoms with Gasteiger partial charge in [0.2, 0.25) is 0 Å². The molecule has 0 bridgehead atoms. The Morgan fingerprint density at radius 2 is 2.25 bits per heavy atom. The Labute approximate surface area is 95.1 Å². The van der Waals surface area contributed by atoms with Gasteiger partial charge in [0.1, 0.15) is 5.41 Å². The fourth-order valence-corrected chi connectivity index (χ4v) is 2.46. The number of carbonyl (C=O) groups excluding carboxylic acids is 1. The number of rotatable bonds is 2. The summed E-state index contributed by atoms with van der Waals surface area (Å²) in [4.78, 5) is 12.3. The second kappa shape index (κ2) is 3.48. The van der Waals surface area contributed by atoms with E-state index in [1.807, 2.05) is 19.9 Å². The van der Waals surface area contributed by atoms with Crippen LogP contribution in [0.15, 0.2) is 23.0 Å². The summed E-state index contributed by atoms with van der Waals surface area (Å²) >= 11 is 0. The minimum Gasteiger partial charge on any atom is -0.472 e. The zero-order valence-corrected chi connectivity index (χ0v) is 9.62. The predicted octanol–water partition coefficient (Wildman–Crippen LogP) is 2.72. The van der Waals surface area contributed by atoms with E-state index in [9.17, 15) is 10.1 Å². The zero-order chi connectivity index (χ0) is 11.8. The second-order valence-electron chi connectivity index (χ2n) is 5.22. The summed E-state index contributed by atoms with van der Waals surface area (Å²) in [6.07, 6.45) is 5.10. The molecule has 1 saturated carbocycles. The van der Waals surface area contributed by atoms with Crippen molar-refractivity contribution in [3.63, 3.8) is 0 Å². The molecule has 1 aromatic rings. The lowest BCUT2D eigenvalue weighted by Gasteiger charge is -2.21. The maximum Gasteiger partial charge on any atom is 0.158 e. The third kappa shape index (κ3) is 1.55. The Kier molecular flexibility index (Phi) is 2.38. The Bertz CT molecular complexity index is 439. The van der Waals surface area contributed by atoms with Crippen molar-refractivity contribution in [3.05, 3.63) is 24.2 Å². The number of furan rings is 1. The molecule has 1 heterocycles. The van der Waals surface area contributed by atoms with E-state index in [2.05, 4.69) is 6.07 Å². The van der Waals surface area contributed by atoms with Crippen molar-refractivity contribution in [1.29, 1.82) is 5.26 Å². The highest BCUT2D eigenvalue weighted by Gasteiger charge is 2.52. The van der Waals surface area contributed by atoms with Gasteiger partial charge < -0.3 is 4.42 Å². The maximum atomic E-state index is 12.3. The first-order valence-electron chi connectivity index (χ1n) is 5.47. The highest BCUT2D eigenvalue weighted by Crippen LogP contribution is 2.47. The van der Waals surface area contributed by atoms with Crippen LogP contribution >= 0.6 is 0 Å². The van der Waals surface area contributed by atoms with Gasteiger partial charge in [-0.05, 0) is 24.5 Å². The molecule has 16 heavy (non-hydrogen) atoms. The van der Waals surface area contributed by atoms with Crippen LogP contribution in [0.3, 0.4) is 0 Å². The lowest BCUT2D eigenvalue weighted by molar-refractivity contribution is -0.130. The Morgan fingerprint density at radius 3 is 2.69 bits per heavy atom. The highest BCUT2D eigenvalue weighted by atomic mass is 16.3. The molecule has 1 unspecified atom stereocenters. The van der Waals surface area contributed by atoms with E-state index in [0.717, 1.165) is 12.0 Å². The number of hydrogen-bond donors (Lipinski definition) is 0. The minimum atomic E-state index is -0.840. The molecule has 0 saturated heterocycles. The van der Waals surface area contributed by atoms with Crippen molar-refractivity contribution in [3.8, 4) is 6.07 Å². The minimum absolute atomic E-state index is 0.0729. The summed E-state index contributed by atoms with van der Waals surface area (Å²) in [7, 11) is 0. The molecular weight excluding hydrogens is 202 g/mol. The first-order valence-corrected chi connectivity index (χ1v) is 5.47. The lowest BCUT2D eigenvalue weighted by Crippen LogP contribution is -2.32. The summed E-state index contributed by atoms with van der Waals surface area (Å²) in [6.45, 7) is 3.84. The standard InChI is InChI=1S/C13H15NO2/c1-12(2)4-5-13(9-14,11(12)15)7-10-3-6-16-8-10/h3,6,8H,4-5,7H2,1-2H3. The predicted molar refractivity (Wildman–Crippen MR) is 58.5 cm³/mol. The van der Waals surface area contributed by atoms with Gasteiger partial charge in [-0.25, -0.2) is 0 Å². The van der Waals surface area contributed by atoms with Crippen LogP contribution in [0.25, 0.3) is 0 Å². The molecule has 0 N–H and O–H groups in total. The molecule has 0 radical (unpaired) electrons. The van der Waals surface area contributed by atoms with Crippen molar-refractivity contribution >= 4 is 5.78 Å². The summed E-state index contributed by atoms with van der Waals surface area (Å²) in [6, 6.07) is 4.05. The normalized spacial score (nSPS) is 27.9. The maximum absolute atomic E-state index is 12.3. The van der Waals surface area contributed by atoms with Gasteiger partial charge in [0.25, 0.3) is 0 Å². The molecule has 1 aliphatic carbocycles. The van der Waals surface area contributed by atoms with Crippen LogP contribution in [-0.4, -0.2) is 5.78 Å². The van der Waals surface area contributed by atoms with Crippen LogP contribution in [-0.2, 0) is 11.2 Å². The van der Waals surface area contributed by atoms with E-state index in [4.69, 9.17) is 4.42 Å². The molecule has 0 aliphatic heterocycles. The van der Waals surface area contributed by atoms with Gasteiger partial charge in [0.05, 0.1) is 18.6 Å². The molecule has 84 valence electrons.